The molecule has 0 heterocycles. The van der Waals surface area contributed by atoms with E-state index in [9.17, 15) is 0 Å². The molecule has 0 amide bonds. The maximum Gasteiger partial charge on any atom is 0.203 e. The van der Waals surface area contributed by atoms with Crippen LogP contribution in [0.2, 0.25) is 0 Å². The van der Waals surface area contributed by atoms with Crippen LogP contribution in [0, 0.1) is 0 Å². The van der Waals surface area contributed by atoms with E-state index in [1.165, 1.54) is 38.5 Å². The molecule has 1 aromatic carbocycles. The Kier molecular flexibility index (Phi) is 10.3. The highest BCUT2D eigenvalue weighted by Crippen LogP contribution is 2.37. The first-order valence-corrected chi connectivity index (χ1v) is 8.76. The molecule has 0 atom stereocenters. The van der Waals surface area contributed by atoms with Gasteiger partial charge in [0.2, 0.25) is 5.75 Å². The van der Waals surface area contributed by atoms with Gasteiger partial charge in [0.05, 0.1) is 20.3 Å². The van der Waals surface area contributed by atoms with Crippen molar-refractivity contribution in [3.8, 4) is 17.2 Å². The number of unbranched alkanes of at least 4 members (excludes halogenated alkanes) is 6. The summed E-state index contributed by atoms with van der Waals surface area (Å²) in [5.41, 5.74) is 0. The molecule has 126 valence electrons. The highest BCUT2D eigenvalue weighted by Gasteiger charge is 2.11. The van der Waals surface area contributed by atoms with Gasteiger partial charge < -0.3 is 14.2 Å². The molecular formula is C19H32O3. The molecular weight excluding hydrogens is 276 g/mol. The SMILES string of the molecule is CCCCCCOc1cccc(OCCCCCC)c1OC. The van der Waals surface area contributed by atoms with Gasteiger partial charge in [-0.25, -0.2) is 0 Å². The van der Waals surface area contributed by atoms with Gasteiger partial charge in [-0.15, -0.1) is 0 Å². The fourth-order valence-electron chi connectivity index (χ4n) is 2.35. The molecule has 3 nitrogen and oxygen atoms in total. The second-order valence-electron chi connectivity index (χ2n) is 5.61. The van der Waals surface area contributed by atoms with Crippen LogP contribution in [0.25, 0.3) is 0 Å². The predicted molar refractivity (Wildman–Crippen MR) is 92.3 cm³/mol. The number of ether oxygens (including phenoxy) is 3. The van der Waals surface area contributed by atoms with Crippen LogP contribution in [0.4, 0.5) is 0 Å². The van der Waals surface area contributed by atoms with Gasteiger partial charge in [-0.2, -0.15) is 0 Å². The summed E-state index contributed by atoms with van der Waals surface area (Å²) < 4.78 is 17.2. The Labute approximate surface area is 136 Å². The molecule has 0 saturated heterocycles. The van der Waals surface area contributed by atoms with Crippen molar-refractivity contribution < 1.29 is 14.2 Å². The number of hydrogen-bond acceptors (Lipinski definition) is 3. The van der Waals surface area contributed by atoms with Gasteiger partial charge >= 0.3 is 0 Å². The standard InChI is InChI=1S/C19H32O3/c1-4-6-8-10-15-21-17-13-12-14-18(19(17)20-3)22-16-11-9-7-5-2/h12-14H,4-11,15-16H2,1-3H3. The molecule has 0 aliphatic heterocycles. The van der Waals surface area contributed by atoms with Crippen molar-refractivity contribution in [1.82, 2.24) is 0 Å². The third kappa shape index (κ3) is 7.06. The Bertz CT molecular complexity index is 358. The summed E-state index contributed by atoms with van der Waals surface area (Å²) in [4.78, 5) is 0. The molecule has 0 fully saturated rings. The molecule has 1 rings (SSSR count). The van der Waals surface area contributed by atoms with Crippen molar-refractivity contribution in [2.75, 3.05) is 20.3 Å². The van der Waals surface area contributed by atoms with Crippen molar-refractivity contribution in [3.05, 3.63) is 18.2 Å². The lowest BCUT2D eigenvalue weighted by molar-refractivity contribution is 0.260. The smallest absolute Gasteiger partial charge is 0.203 e. The van der Waals surface area contributed by atoms with Crippen molar-refractivity contribution in [3.63, 3.8) is 0 Å². The Morgan fingerprint density at radius 1 is 0.727 bits per heavy atom. The minimum atomic E-state index is 0.716. The summed E-state index contributed by atoms with van der Waals surface area (Å²) in [6, 6.07) is 5.86. The zero-order valence-electron chi connectivity index (χ0n) is 14.5. The number of methoxy groups -OCH3 is 1. The maximum absolute atomic E-state index is 5.86. The van der Waals surface area contributed by atoms with Crippen LogP contribution in [0.1, 0.15) is 65.2 Å². The Morgan fingerprint density at radius 3 is 1.64 bits per heavy atom. The molecule has 3 heteroatoms. The Balaban J connectivity index is 2.46. The summed E-state index contributed by atoms with van der Waals surface area (Å²) in [5.74, 6) is 2.28. The van der Waals surface area contributed by atoms with Gasteiger partial charge in [0, 0.05) is 0 Å². The zero-order chi connectivity index (χ0) is 16.0. The third-order valence-corrected chi connectivity index (χ3v) is 3.66. The molecule has 0 aliphatic rings. The van der Waals surface area contributed by atoms with Crippen molar-refractivity contribution in [2.45, 2.75) is 65.2 Å². The second-order valence-corrected chi connectivity index (χ2v) is 5.61. The first-order chi connectivity index (χ1) is 10.8. The van der Waals surface area contributed by atoms with Crippen LogP contribution in [0.5, 0.6) is 17.2 Å². The fourth-order valence-corrected chi connectivity index (χ4v) is 2.35. The number of benzene rings is 1. The quantitative estimate of drug-likeness (QED) is 0.443. The predicted octanol–water partition coefficient (Wildman–Crippen LogP) is 5.61. The largest absolute Gasteiger partial charge is 0.490 e. The van der Waals surface area contributed by atoms with Crippen molar-refractivity contribution >= 4 is 0 Å². The van der Waals surface area contributed by atoms with Crippen LogP contribution in [-0.4, -0.2) is 20.3 Å². The Hall–Kier alpha value is -1.38. The highest BCUT2D eigenvalue weighted by atomic mass is 16.5. The summed E-state index contributed by atoms with van der Waals surface area (Å²) in [5, 5.41) is 0. The van der Waals surface area contributed by atoms with Crippen LogP contribution >= 0.6 is 0 Å². The van der Waals surface area contributed by atoms with Gasteiger partial charge in [0.15, 0.2) is 11.5 Å². The van der Waals surface area contributed by atoms with E-state index >= 15 is 0 Å². The van der Waals surface area contributed by atoms with Gasteiger partial charge in [-0.05, 0) is 25.0 Å². The molecule has 0 saturated carbocycles. The van der Waals surface area contributed by atoms with E-state index in [-0.39, 0.29) is 0 Å². The summed E-state index contributed by atoms with van der Waals surface area (Å²) in [6.45, 7) is 5.89. The average molecular weight is 308 g/mol. The zero-order valence-corrected chi connectivity index (χ0v) is 14.5. The normalized spacial score (nSPS) is 10.5. The molecule has 0 N–H and O–H groups in total. The molecule has 0 bridgehead atoms. The molecule has 0 radical (unpaired) electrons. The van der Waals surface area contributed by atoms with Crippen molar-refractivity contribution in [2.24, 2.45) is 0 Å². The number of hydrogen-bond donors (Lipinski definition) is 0. The summed E-state index contributed by atoms with van der Waals surface area (Å²) in [7, 11) is 1.67. The Morgan fingerprint density at radius 2 is 1.23 bits per heavy atom. The van der Waals surface area contributed by atoms with Gasteiger partial charge in [-0.3, -0.25) is 0 Å². The topological polar surface area (TPSA) is 27.7 Å². The second kappa shape index (κ2) is 12.2. The van der Waals surface area contributed by atoms with E-state index in [4.69, 9.17) is 14.2 Å². The van der Waals surface area contributed by atoms with E-state index in [0.717, 1.165) is 37.6 Å². The molecule has 1 aromatic rings. The number of rotatable bonds is 13. The molecule has 0 aromatic heterocycles. The molecule has 22 heavy (non-hydrogen) atoms. The lowest BCUT2D eigenvalue weighted by Gasteiger charge is -2.15. The monoisotopic (exact) mass is 308 g/mol. The molecule has 0 aliphatic carbocycles. The molecule has 0 unspecified atom stereocenters. The summed E-state index contributed by atoms with van der Waals surface area (Å²) >= 11 is 0. The van der Waals surface area contributed by atoms with E-state index in [2.05, 4.69) is 13.8 Å². The first kappa shape index (κ1) is 18.7. The first-order valence-electron chi connectivity index (χ1n) is 8.76. The molecule has 0 spiro atoms. The van der Waals surface area contributed by atoms with E-state index in [1.807, 2.05) is 18.2 Å². The number of para-hydroxylation sites is 1. The van der Waals surface area contributed by atoms with Gasteiger partial charge in [-0.1, -0.05) is 58.4 Å². The lowest BCUT2D eigenvalue weighted by Crippen LogP contribution is -2.03. The van der Waals surface area contributed by atoms with Crippen LogP contribution in [0.3, 0.4) is 0 Å². The highest BCUT2D eigenvalue weighted by molar-refractivity contribution is 5.51. The summed E-state index contributed by atoms with van der Waals surface area (Å²) in [6.07, 6.45) is 9.61. The van der Waals surface area contributed by atoms with Gasteiger partial charge in [0.1, 0.15) is 0 Å². The van der Waals surface area contributed by atoms with Crippen LogP contribution in [0.15, 0.2) is 18.2 Å². The van der Waals surface area contributed by atoms with Crippen LogP contribution in [-0.2, 0) is 0 Å². The maximum atomic E-state index is 5.86. The minimum absolute atomic E-state index is 0.716. The van der Waals surface area contributed by atoms with Crippen molar-refractivity contribution in [1.29, 1.82) is 0 Å². The fraction of sp³-hybridized carbons (Fsp3) is 0.684. The lowest BCUT2D eigenvalue weighted by atomic mass is 10.2. The average Bonchev–Trinajstić information content (AvgIpc) is 2.54. The minimum Gasteiger partial charge on any atom is -0.490 e. The third-order valence-electron chi connectivity index (χ3n) is 3.66. The van der Waals surface area contributed by atoms with E-state index in [0.29, 0.717) is 5.75 Å². The van der Waals surface area contributed by atoms with E-state index < -0.39 is 0 Å². The van der Waals surface area contributed by atoms with E-state index in [1.54, 1.807) is 7.11 Å². The van der Waals surface area contributed by atoms with Gasteiger partial charge in [0.25, 0.3) is 0 Å². The van der Waals surface area contributed by atoms with Crippen LogP contribution < -0.4 is 14.2 Å².